The molecule has 0 aliphatic rings. The highest BCUT2D eigenvalue weighted by molar-refractivity contribution is 6.31. The van der Waals surface area contributed by atoms with Crippen molar-refractivity contribution in [1.29, 1.82) is 0 Å². The molecule has 2 heterocycles. The normalized spacial score (nSPS) is 11.2. The van der Waals surface area contributed by atoms with Gasteiger partial charge in [-0.15, -0.1) is 0 Å². The van der Waals surface area contributed by atoms with E-state index in [0.717, 1.165) is 5.59 Å². The van der Waals surface area contributed by atoms with Crippen LogP contribution in [-0.4, -0.2) is 28.6 Å². The number of aromatic amines is 1. The van der Waals surface area contributed by atoms with E-state index in [-0.39, 0.29) is 5.78 Å². The second kappa shape index (κ2) is 4.08. The van der Waals surface area contributed by atoms with Gasteiger partial charge in [-0.2, -0.15) is 0 Å². The minimum atomic E-state index is 0.126. The van der Waals surface area contributed by atoms with Crippen LogP contribution in [0.5, 0.6) is 0 Å². The molecule has 0 amide bonds. The Labute approximate surface area is 94.9 Å². The monoisotopic (exact) mass is 215 g/mol. The fourth-order valence-corrected chi connectivity index (χ4v) is 1.67. The summed E-state index contributed by atoms with van der Waals surface area (Å²) in [5, 5.41) is 0. The highest BCUT2D eigenvalue weighted by atomic mass is 16.1. The molecule has 0 fully saturated rings. The van der Waals surface area contributed by atoms with E-state index >= 15 is 0 Å². The molecule has 0 aliphatic carbocycles. The van der Waals surface area contributed by atoms with Crippen LogP contribution in [0.3, 0.4) is 0 Å². The van der Waals surface area contributed by atoms with Crippen molar-refractivity contribution in [2.45, 2.75) is 20.3 Å². The molecule has 16 heavy (non-hydrogen) atoms. The van der Waals surface area contributed by atoms with Crippen LogP contribution in [0.15, 0.2) is 12.4 Å². The molecule has 0 aromatic carbocycles. The summed E-state index contributed by atoms with van der Waals surface area (Å²) in [7, 11) is 1.87. The van der Waals surface area contributed by atoms with Gasteiger partial charge in [-0.05, 0) is 5.92 Å². The Hall–Kier alpha value is -1.65. The van der Waals surface area contributed by atoms with Gasteiger partial charge in [0.25, 0.3) is 0 Å². The predicted molar refractivity (Wildman–Crippen MR) is 65.9 cm³/mol. The van der Waals surface area contributed by atoms with Crippen molar-refractivity contribution in [3.05, 3.63) is 18.0 Å². The first-order chi connectivity index (χ1) is 7.58. The fourth-order valence-electron chi connectivity index (χ4n) is 1.67. The van der Waals surface area contributed by atoms with Crippen molar-refractivity contribution >= 4 is 30.4 Å². The zero-order chi connectivity index (χ0) is 11.7. The topological polar surface area (TPSA) is 58.6 Å². The highest BCUT2D eigenvalue weighted by Crippen LogP contribution is 2.16. The van der Waals surface area contributed by atoms with Crippen molar-refractivity contribution < 1.29 is 4.79 Å². The number of carbonyl (C=O) groups is 1. The molecular weight excluding hydrogens is 201 g/mol. The van der Waals surface area contributed by atoms with E-state index < -0.39 is 0 Å². The molecule has 0 bridgehead atoms. The Kier molecular flexibility index (Phi) is 2.77. The summed E-state index contributed by atoms with van der Waals surface area (Å²) in [5.74, 6) is 0.483. The quantitative estimate of drug-likeness (QED) is 0.597. The molecule has 2 rings (SSSR count). The first-order valence-corrected chi connectivity index (χ1v) is 5.42. The number of hydrogen-bond acceptors (Lipinski definition) is 3. The molecular formula is C11H14BN3O. The summed E-state index contributed by atoms with van der Waals surface area (Å²) in [5.41, 5.74) is 2.84. The maximum Gasteiger partial charge on any atom is 0.166 e. The van der Waals surface area contributed by atoms with Gasteiger partial charge in [0.1, 0.15) is 5.52 Å². The molecule has 0 aliphatic heterocycles. The molecule has 2 aromatic heterocycles. The standard InChI is InChI=1S/C11H14BN3O/c1-6(2)3-8(16)7-4-13-11-10(7)15-9(12)5-14-11/h4-6H,3,12H2,1-2H3,(H,13,14). The van der Waals surface area contributed by atoms with E-state index in [0.29, 0.717) is 29.1 Å². The van der Waals surface area contributed by atoms with E-state index in [1.165, 1.54) is 0 Å². The number of H-pyrrole nitrogens is 1. The van der Waals surface area contributed by atoms with Gasteiger partial charge < -0.3 is 4.98 Å². The van der Waals surface area contributed by atoms with E-state index in [2.05, 4.69) is 15.0 Å². The van der Waals surface area contributed by atoms with Crippen LogP contribution in [-0.2, 0) is 0 Å². The van der Waals surface area contributed by atoms with Gasteiger partial charge in [-0.1, -0.05) is 13.8 Å². The minimum absolute atomic E-state index is 0.126. The van der Waals surface area contributed by atoms with Gasteiger partial charge in [0.2, 0.25) is 0 Å². The number of Topliss-reactive ketones (excluding diaryl/α,β-unsaturated/α-hetero) is 1. The molecule has 0 saturated carbocycles. The third kappa shape index (κ3) is 1.98. The Morgan fingerprint density at radius 2 is 2.31 bits per heavy atom. The zero-order valence-electron chi connectivity index (χ0n) is 9.74. The number of carbonyl (C=O) groups excluding carboxylic acids is 1. The van der Waals surface area contributed by atoms with Gasteiger partial charge in [-0.3, -0.25) is 9.78 Å². The van der Waals surface area contributed by atoms with Crippen molar-refractivity contribution in [2.75, 3.05) is 0 Å². The van der Waals surface area contributed by atoms with Crippen LogP contribution in [0.25, 0.3) is 11.2 Å². The summed E-state index contributed by atoms with van der Waals surface area (Å²) >= 11 is 0. The third-order valence-electron chi connectivity index (χ3n) is 2.40. The molecule has 0 saturated heterocycles. The van der Waals surface area contributed by atoms with Gasteiger partial charge in [0.05, 0.1) is 5.56 Å². The largest absolute Gasteiger partial charge is 0.344 e. The number of nitrogens with zero attached hydrogens (tertiary/aromatic N) is 2. The lowest BCUT2D eigenvalue weighted by atomic mass is 10.0. The second-order valence-electron chi connectivity index (χ2n) is 4.43. The first-order valence-electron chi connectivity index (χ1n) is 5.42. The average Bonchev–Trinajstić information content (AvgIpc) is 2.59. The molecule has 5 heteroatoms. The molecule has 0 spiro atoms. The summed E-state index contributed by atoms with van der Waals surface area (Å²) in [4.78, 5) is 23.5. The van der Waals surface area contributed by atoms with Gasteiger partial charge in [-0.25, -0.2) is 4.98 Å². The lowest BCUT2D eigenvalue weighted by Gasteiger charge is -2.02. The molecule has 0 radical (unpaired) electrons. The molecule has 1 N–H and O–H groups in total. The lowest BCUT2D eigenvalue weighted by Crippen LogP contribution is -2.10. The van der Waals surface area contributed by atoms with Crippen LogP contribution in [0, 0.1) is 5.92 Å². The summed E-state index contributed by atoms with van der Waals surface area (Å²) < 4.78 is 0. The molecule has 0 atom stereocenters. The first kappa shape index (κ1) is 10.9. The van der Waals surface area contributed by atoms with Crippen molar-refractivity contribution in [1.82, 2.24) is 15.0 Å². The Morgan fingerprint density at radius 1 is 1.56 bits per heavy atom. The molecule has 4 nitrogen and oxygen atoms in total. The van der Waals surface area contributed by atoms with Crippen molar-refractivity contribution in [3.63, 3.8) is 0 Å². The van der Waals surface area contributed by atoms with E-state index in [1.54, 1.807) is 12.4 Å². The summed E-state index contributed by atoms with van der Waals surface area (Å²) in [6.45, 7) is 4.06. The molecule has 0 unspecified atom stereocenters. The van der Waals surface area contributed by atoms with Gasteiger partial charge in [0.15, 0.2) is 19.3 Å². The van der Waals surface area contributed by atoms with Crippen molar-refractivity contribution in [3.8, 4) is 0 Å². The van der Waals surface area contributed by atoms with Crippen LogP contribution < -0.4 is 5.59 Å². The van der Waals surface area contributed by atoms with Crippen LogP contribution >= 0.6 is 0 Å². The van der Waals surface area contributed by atoms with Gasteiger partial charge in [0, 0.05) is 24.4 Å². The lowest BCUT2D eigenvalue weighted by molar-refractivity contribution is 0.0969. The maximum absolute atomic E-state index is 12.0. The minimum Gasteiger partial charge on any atom is -0.344 e. The zero-order valence-corrected chi connectivity index (χ0v) is 9.74. The number of fused-ring (bicyclic) bond motifs is 1. The smallest absolute Gasteiger partial charge is 0.166 e. The number of ketones is 1. The Morgan fingerprint density at radius 3 is 3.00 bits per heavy atom. The highest BCUT2D eigenvalue weighted by Gasteiger charge is 2.14. The Bertz CT molecular complexity index is 533. The second-order valence-corrected chi connectivity index (χ2v) is 4.43. The SMILES string of the molecule is Bc1cnc2[nH]cc(C(=O)CC(C)C)c2n1. The Balaban J connectivity index is 2.44. The summed E-state index contributed by atoms with van der Waals surface area (Å²) in [6, 6.07) is 0. The number of nitrogens with one attached hydrogen (secondary N) is 1. The number of aromatic nitrogens is 3. The van der Waals surface area contributed by atoms with Crippen LogP contribution in [0.4, 0.5) is 0 Å². The fraction of sp³-hybridized carbons (Fsp3) is 0.364. The predicted octanol–water partition coefficient (Wildman–Crippen LogP) is 0.445. The number of rotatable bonds is 3. The third-order valence-corrected chi connectivity index (χ3v) is 2.40. The number of hydrogen-bond donors (Lipinski definition) is 1. The molecule has 82 valence electrons. The van der Waals surface area contributed by atoms with E-state index in [4.69, 9.17) is 0 Å². The summed E-state index contributed by atoms with van der Waals surface area (Å²) in [6.07, 6.45) is 3.94. The van der Waals surface area contributed by atoms with E-state index in [1.807, 2.05) is 21.7 Å². The molecule has 2 aromatic rings. The van der Waals surface area contributed by atoms with Crippen LogP contribution in [0.2, 0.25) is 0 Å². The van der Waals surface area contributed by atoms with Crippen LogP contribution in [0.1, 0.15) is 30.6 Å². The van der Waals surface area contributed by atoms with E-state index in [9.17, 15) is 4.79 Å². The average molecular weight is 215 g/mol. The van der Waals surface area contributed by atoms with Crippen molar-refractivity contribution in [2.24, 2.45) is 5.92 Å². The maximum atomic E-state index is 12.0. The van der Waals surface area contributed by atoms with Gasteiger partial charge >= 0.3 is 0 Å².